The van der Waals surface area contributed by atoms with Gasteiger partial charge >= 0.3 is 0 Å². The van der Waals surface area contributed by atoms with Crippen LogP contribution in [0.15, 0.2) is 42.5 Å². The van der Waals surface area contributed by atoms with E-state index in [2.05, 4.69) is 5.32 Å². The Bertz CT molecular complexity index is 648. The minimum Gasteiger partial charge on any atom is -0.486 e. The summed E-state index contributed by atoms with van der Waals surface area (Å²) in [6.07, 6.45) is -0.443. The van der Waals surface area contributed by atoms with E-state index in [4.69, 9.17) is 9.47 Å². The first-order valence-electron chi connectivity index (χ1n) is 6.70. The molecule has 0 aliphatic carbocycles. The molecule has 5 heteroatoms. The first-order valence-corrected chi connectivity index (χ1v) is 6.70. The predicted molar refractivity (Wildman–Crippen MR) is 74.5 cm³/mol. The van der Waals surface area contributed by atoms with Crippen LogP contribution in [0.1, 0.15) is 11.6 Å². The van der Waals surface area contributed by atoms with E-state index >= 15 is 0 Å². The van der Waals surface area contributed by atoms with Gasteiger partial charge in [-0.3, -0.25) is 0 Å². The molecule has 0 spiro atoms. The molecule has 0 aromatic heterocycles. The number of benzene rings is 2. The van der Waals surface area contributed by atoms with Crippen LogP contribution in [0.4, 0.5) is 8.78 Å². The van der Waals surface area contributed by atoms with Gasteiger partial charge in [-0.25, -0.2) is 8.78 Å². The van der Waals surface area contributed by atoms with Crippen LogP contribution in [0.2, 0.25) is 0 Å². The fourth-order valence-corrected chi connectivity index (χ4v) is 2.50. The van der Waals surface area contributed by atoms with Crippen LogP contribution in [0, 0.1) is 11.6 Å². The normalized spacial score (nSPS) is 18.3. The van der Waals surface area contributed by atoms with Gasteiger partial charge in [0.15, 0.2) is 29.2 Å². The minimum absolute atomic E-state index is 0.227. The first-order chi connectivity index (χ1) is 10.2. The molecule has 1 heterocycles. The van der Waals surface area contributed by atoms with E-state index in [1.807, 2.05) is 18.2 Å². The third-order valence-electron chi connectivity index (χ3n) is 3.53. The smallest absolute Gasteiger partial charge is 0.163 e. The third-order valence-corrected chi connectivity index (χ3v) is 3.53. The van der Waals surface area contributed by atoms with Crippen molar-refractivity contribution in [2.45, 2.75) is 12.1 Å². The Morgan fingerprint density at radius 1 is 1.10 bits per heavy atom. The molecular formula is C16H15F2NO2. The van der Waals surface area contributed by atoms with Crippen molar-refractivity contribution in [1.29, 1.82) is 0 Å². The summed E-state index contributed by atoms with van der Waals surface area (Å²) in [7, 11) is 1.68. The summed E-state index contributed by atoms with van der Waals surface area (Å²) >= 11 is 0. The van der Waals surface area contributed by atoms with Gasteiger partial charge in [0.25, 0.3) is 0 Å². The minimum atomic E-state index is -0.870. The zero-order valence-electron chi connectivity index (χ0n) is 11.5. The topological polar surface area (TPSA) is 30.5 Å². The van der Waals surface area contributed by atoms with Crippen molar-refractivity contribution in [2.75, 3.05) is 13.7 Å². The van der Waals surface area contributed by atoms with E-state index in [-0.39, 0.29) is 12.2 Å². The molecular weight excluding hydrogens is 276 g/mol. The molecule has 1 aliphatic heterocycles. The number of para-hydroxylation sites is 2. The second-order valence-electron chi connectivity index (χ2n) is 4.82. The van der Waals surface area contributed by atoms with Crippen LogP contribution >= 0.6 is 0 Å². The average Bonchev–Trinajstić information content (AvgIpc) is 2.52. The molecule has 0 radical (unpaired) electrons. The summed E-state index contributed by atoms with van der Waals surface area (Å²) in [5.41, 5.74) is 0.227. The fourth-order valence-electron chi connectivity index (χ4n) is 2.50. The van der Waals surface area contributed by atoms with Gasteiger partial charge < -0.3 is 14.8 Å². The van der Waals surface area contributed by atoms with Gasteiger partial charge in [0.05, 0.1) is 6.04 Å². The van der Waals surface area contributed by atoms with E-state index in [0.717, 1.165) is 6.07 Å². The lowest BCUT2D eigenvalue weighted by Gasteiger charge is -2.32. The van der Waals surface area contributed by atoms with Crippen LogP contribution in [0.5, 0.6) is 11.5 Å². The van der Waals surface area contributed by atoms with Gasteiger partial charge in [-0.2, -0.15) is 0 Å². The van der Waals surface area contributed by atoms with E-state index < -0.39 is 23.8 Å². The standard InChI is InChI=1S/C16H15F2NO2/c1-19-16(10-5-4-6-11(17)15(10)18)14-9-20-12-7-2-3-8-13(12)21-14/h2-8,14,16,19H,9H2,1H3. The number of rotatable bonds is 3. The molecule has 0 saturated carbocycles. The highest BCUT2D eigenvalue weighted by Gasteiger charge is 2.31. The molecule has 1 N–H and O–H groups in total. The largest absolute Gasteiger partial charge is 0.486 e. The Balaban J connectivity index is 1.90. The Hall–Kier alpha value is -2.14. The van der Waals surface area contributed by atoms with Gasteiger partial charge in [-0.15, -0.1) is 0 Å². The van der Waals surface area contributed by atoms with Crippen molar-refractivity contribution in [3.63, 3.8) is 0 Å². The Morgan fingerprint density at radius 2 is 1.86 bits per heavy atom. The molecule has 21 heavy (non-hydrogen) atoms. The maximum atomic E-state index is 14.0. The highest BCUT2D eigenvalue weighted by molar-refractivity contribution is 5.41. The summed E-state index contributed by atoms with van der Waals surface area (Å²) in [4.78, 5) is 0. The van der Waals surface area contributed by atoms with Crippen LogP contribution in [-0.2, 0) is 0 Å². The second-order valence-corrected chi connectivity index (χ2v) is 4.82. The van der Waals surface area contributed by atoms with Gasteiger partial charge in [-0.05, 0) is 25.2 Å². The van der Waals surface area contributed by atoms with Crippen LogP contribution in [0.25, 0.3) is 0 Å². The fraction of sp³-hybridized carbons (Fsp3) is 0.250. The highest BCUT2D eigenvalue weighted by Crippen LogP contribution is 2.34. The molecule has 1 aliphatic rings. The van der Waals surface area contributed by atoms with Crippen molar-refractivity contribution in [2.24, 2.45) is 0 Å². The number of halogens is 2. The SMILES string of the molecule is CNC(c1cccc(F)c1F)C1COc2ccccc2O1. The maximum absolute atomic E-state index is 14.0. The highest BCUT2D eigenvalue weighted by atomic mass is 19.2. The summed E-state index contributed by atoms with van der Waals surface area (Å²) in [6, 6.07) is 10.9. The van der Waals surface area contributed by atoms with E-state index in [1.165, 1.54) is 6.07 Å². The van der Waals surface area contributed by atoms with Crippen LogP contribution < -0.4 is 14.8 Å². The van der Waals surface area contributed by atoms with Crippen molar-refractivity contribution in [1.82, 2.24) is 5.32 Å². The summed E-state index contributed by atoms with van der Waals surface area (Å²) in [5.74, 6) is -0.474. The Kier molecular flexibility index (Phi) is 3.75. The molecule has 0 saturated heterocycles. The molecule has 0 bridgehead atoms. The van der Waals surface area contributed by atoms with Gasteiger partial charge in [0, 0.05) is 5.56 Å². The quantitative estimate of drug-likeness (QED) is 0.942. The molecule has 0 amide bonds. The molecule has 2 unspecified atom stereocenters. The van der Waals surface area contributed by atoms with E-state index in [1.54, 1.807) is 19.2 Å². The molecule has 2 aromatic rings. The summed E-state index contributed by atoms with van der Waals surface area (Å²) in [6.45, 7) is 0.262. The van der Waals surface area contributed by atoms with E-state index in [0.29, 0.717) is 11.5 Å². The second kappa shape index (κ2) is 5.69. The van der Waals surface area contributed by atoms with Crippen molar-refractivity contribution in [3.8, 4) is 11.5 Å². The number of nitrogens with one attached hydrogen (secondary N) is 1. The van der Waals surface area contributed by atoms with Gasteiger partial charge in [0.2, 0.25) is 0 Å². The van der Waals surface area contributed by atoms with Crippen LogP contribution in [0.3, 0.4) is 0 Å². The maximum Gasteiger partial charge on any atom is 0.163 e. The zero-order chi connectivity index (χ0) is 14.8. The lowest BCUT2D eigenvalue weighted by molar-refractivity contribution is 0.0627. The first kappa shape index (κ1) is 13.8. The Labute approximate surface area is 121 Å². The van der Waals surface area contributed by atoms with Crippen LogP contribution in [-0.4, -0.2) is 19.8 Å². The van der Waals surface area contributed by atoms with Gasteiger partial charge in [-0.1, -0.05) is 24.3 Å². The van der Waals surface area contributed by atoms with Crippen molar-refractivity contribution in [3.05, 3.63) is 59.7 Å². The summed E-state index contributed by atoms with van der Waals surface area (Å²) in [5, 5.41) is 2.98. The number of hydrogen-bond donors (Lipinski definition) is 1. The molecule has 2 aromatic carbocycles. The number of hydrogen-bond acceptors (Lipinski definition) is 3. The van der Waals surface area contributed by atoms with Gasteiger partial charge in [0.1, 0.15) is 6.61 Å². The average molecular weight is 291 g/mol. The molecule has 2 atom stereocenters. The lowest BCUT2D eigenvalue weighted by atomic mass is 10.0. The zero-order valence-corrected chi connectivity index (χ0v) is 11.5. The summed E-state index contributed by atoms with van der Waals surface area (Å²) < 4.78 is 38.9. The molecule has 0 fully saturated rings. The molecule has 110 valence electrons. The lowest BCUT2D eigenvalue weighted by Crippen LogP contribution is -2.41. The monoisotopic (exact) mass is 291 g/mol. The van der Waals surface area contributed by atoms with E-state index in [9.17, 15) is 8.78 Å². The van der Waals surface area contributed by atoms with Crippen molar-refractivity contribution < 1.29 is 18.3 Å². The third kappa shape index (κ3) is 2.56. The number of fused-ring (bicyclic) bond motifs is 1. The molecule has 3 rings (SSSR count). The van der Waals surface area contributed by atoms with Crippen molar-refractivity contribution >= 4 is 0 Å². The number of ether oxygens (including phenoxy) is 2. The number of likely N-dealkylation sites (N-methyl/N-ethyl adjacent to an activating group) is 1. The Morgan fingerprint density at radius 3 is 2.62 bits per heavy atom. The molecule has 3 nitrogen and oxygen atoms in total. The predicted octanol–water partition coefficient (Wildman–Crippen LogP) is 3.07.